The fraction of sp³-hybridized carbons (Fsp3) is 0.182. The van der Waals surface area contributed by atoms with E-state index in [1.807, 2.05) is 61.5 Å². The van der Waals surface area contributed by atoms with Crippen molar-refractivity contribution in [1.29, 1.82) is 0 Å². The third-order valence-electron chi connectivity index (χ3n) is 4.44. The van der Waals surface area contributed by atoms with Gasteiger partial charge in [0.25, 0.3) is 5.56 Å². The molecule has 0 amide bonds. The Morgan fingerprint density at radius 1 is 1.04 bits per heavy atom. The van der Waals surface area contributed by atoms with Crippen molar-refractivity contribution in [3.8, 4) is 16.2 Å². The number of aryl methyl sites for hydroxylation is 1. The lowest BCUT2D eigenvalue weighted by Gasteiger charge is -2.10. The second-order valence-corrected chi connectivity index (χ2v) is 7.36. The van der Waals surface area contributed by atoms with Crippen molar-refractivity contribution >= 4 is 21.6 Å². The number of thiophene rings is 1. The number of fused-ring (bicyclic) bond motifs is 1. The maximum Gasteiger partial charge on any atom is 0.262 e. The fourth-order valence-electron chi connectivity index (χ4n) is 3.05. The van der Waals surface area contributed by atoms with Gasteiger partial charge in [-0.05, 0) is 37.1 Å². The largest absolute Gasteiger partial charge is 0.494 e. The number of benzene rings is 2. The first-order valence-electron chi connectivity index (χ1n) is 8.96. The molecule has 4 aromatic rings. The summed E-state index contributed by atoms with van der Waals surface area (Å²) in [4.78, 5) is 19.5. The van der Waals surface area contributed by atoms with E-state index in [0.717, 1.165) is 33.3 Å². The van der Waals surface area contributed by atoms with Gasteiger partial charge >= 0.3 is 0 Å². The van der Waals surface area contributed by atoms with Gasteiger partial charge in [0.15, 0.2) is 0 Å². The van der Waals surface area contributed by atoms with Crippen molar-refractivity contribution in [2.24, 2.45) is 0 Å². The zero-order valence-corrected chi connectivity index (χ0v) is 15.9. The first-order valence-corrected chi connectivity index (χ1v) is 9.78. The zero-order valence-electron chi connectivity index (χ0n) is 15.1. The third kappa shape index (κ3) is 3.78. The summed E-state index contributed by atoms with van der Waals surface area (Å²) in [6.07, 6.45) is 0.749. The molecule has 136 valence electrons. The fourth-order valence-corrected chi connectivity index (χ4v) is 4.13. The van der Waals surface area contributed by atoms with Crippen LogP contribution in [0, 0.1) is 6.92 Å². The number of hydrogen-bond acceptors (Lipinski definition) is 4. The van der Waals surface area contributed by atoms with E-state index in [1.54, 1.807) is 15.9 Å². The smallest absolute Gasteiger partial charge is 0.262 e. The molecular weight excluding hydrogens is 356 g/mol. The molecule has 0 aliphatic heterocycles. The van der Waals surface area contributed by atoms with Crippen molar-refractivity contribution < 1.29 is 4.74 Å². The van der Waals surface area contributed by atoms with Crippen molar-refractivity contribution in [3.63, 3.8) is 0 Å². The molecule has 0 bridgehead atoms. The zero-order chi connectivity index (χ0) is 18.6. The van der Waals surface area contributed by atoms with Crippen molar-refractivity contribution in [2.75, 3.05) is 6.61 Å². The second-order valence-electron chi connectivity index (χ2n) is 6.33. The highest BCUT2D eigenvalue weighted by atomic mass is 32.1. The number of para-hydroxylation sites is 1. The van der Waals surface area contributed by atoms with Crippen molar-refractivity contribution in [2.45, 2.75) is 19.9 Å². The van der Waals surface area contributed by atoms with E-state index >= 15 is 0 Å². The number of aromatic nitrogens is 2. The van der Waals surface area contributed by atoms with Crippen LogP contribution in [0.2, 0.25) is 0 Å². The molecule has 5 heteroatoms. The van der Waals surface area contributed by atoms with Crippen LogP contribution in [0.4, 0.5) is 0 Å². The predicted molar refractivity (Wildman–Crippen MR) is 111 cm³/mol. The first-order chi connectivity index (χ1) is 13.2. The van der Waals surface area contributed by atoms with Gasteiger partial charge in [-0.3, -0.25) is 9.36 Å². The van der Waals surface area contributed by atoms with Gasteiger partial charge in [0.05, 0.1) is 12.0 Å². The summed E-state index contributed by atoms with van der Waals surface area (Å²) in [7, 11) is 0. The molecule has 0 saturated heterocycles. The van der Waals surface area contributed by atoms with Crippen molar-refractivity contribution in [1.82, 2.24) is 9.55 Å². The minimum Gasteiger partial charge on any atom is -0.494 e. The van der Waals surface area contributed by atoms with Crippen LogP contribution in [0.3, 0.4) is 0 Å². The van der Waals surface area contributed by atoms with Crippen LogP contribution < -0.4 is 10.3 Å². The monoisotopic (exact) mass is 376 g/mol. The van der Waals surface area contributed by atoms with Gasteiger partial charge in [-0.15, -0.1) is 11.3 Å². The molecule has 0 fully saturated rings. The number of ether oxygens (including phenoxy) is 1. The SMILES string of the molecule is Cc1nc2sc(-c3ccccc3)cc2c(=O)n1CCCOc1ccccc1. The van der Waals surface area contributed by atoms with E-state index in [0.29, 0.717) is 18.5 Å². The van der Waals surface area contributed by atoms with Gasteiger partial charge < -0.3 is 4.74 Å². The maximum atomic E-state index is 12.9. The van der Waals surface area contributed by atoms with Crippen LogP contribution in [-0.2, 0) is 6.54 Å². The van der Waals surface area contributed by atoms with Crippen LogP contribution in [0.1, 0.15) is 12.2 Å². The predicted octanol–water partition coefficient (Wildman–Crippen LogP) is 4.90. The van der Waals surface area contributed by atoms with Gasteiger partial charge in [-0.25, -0.2) is 4.98 Å². The minimum absolute atomic E-state index is 0.0237. The molecule has 0 aliphatic rings. The lowest BCUT2D eigenvalue weighted by Crippen LogP contribution is -2.24. The average molecular weight is 376 g/mol. The van der Waals surface area contributed by atoms with E-state index < -0.39 is 0 Å². The molecule has 0 radical (unpaired) electrons. The summed E-state index contributed by atoms with van der Waals surface area (Å²) >= 11 is 1.56. The van der Waals surface area contributed by atoms with Crippen LogP contribution in [0.25, 0.3) is 20.7 Å². The van der Waals surface area contributed by atoms with Crippen LogP contribution in [-0.4, -0.2) is 16.2 Å². The normalized spacial score (nSPS) is 11.0. The second kappa shape index (κ2) is 7.76. The highest BCUT2D eigenvalue weighted by Crippen LogP contribution is 2.30. The van der Waals surface area contributed by atoms with E-state index in [2.05, 4.69) is 17.1 Å². The Bertz CT molecular complexity index is 1100. The Hall–Kier alpha value is -2.92. The Balaban J connectivity index is 1.53. The standard InChI is InChI=1S/C22H20N2O2S/c1-16-23-21-19(15-20(27-21)17-9-4-2-5-10-17)22(25)24(16)13-8-14-26-18-11-6-3-7-12-18/h2-7,9-12,15H,8,13-14H2,1H3. The highest BCUT2D eigenvalue weighted by molar-refractivity contribution is 7.21. The highest BCUT2D eigenvalue weighted by Gasteiger charge is 2.12. The summed E-state index contributed by atoms with van der Waals surface area (Å²) < 4.78 is 7.47. The maximum absolute atomic E-state index is 12.9. The molecule has 0 saturated carbocycles. The summed E-state index contributed by atoms with van der Waals surface area (Å²) in [5.74, 6) is 1.59. The molecule has 0 unspecified atom stereocenters. The molecule has 2 heterocycles. The Kier molecular flexibility index (Phi) is 5.03. The van der Waals surface area contributed by atoms with Gasteiger partial charge in [-0.2, -0.15) is 0 Å². The van der Waals surface area contributed by atoms with Gasteiger partial charge in [0.2, 0.25) is 0 Å². The van der Waals surface area contributed by atoms with E-state index in [9.17, 15) is 4.79 Å². The molecule has 27 heavy (non-hydrogen) atoms. The molecule has 0 atom stereocenters. The van der Waals surface area contributed by atoms with Crippen LogP contribution in [0.15, 0.2) is 71.5 Å². The molecule has 0 aliphatic carbocycles. The van der Waals surface area contributed by atoms with Crippen LogP contribution in [0.5, 0.6) is 5.75 Å². The number of nitrogens with zero attached hydrogens (tertiary/aromatic N) is 2. The van der Waals surface area contributed by atoms with Gasteiger partial charge in [0.1, 0.15) is 16.4 Å². The molecule has 0 N–H and O–H groups in total. The van der Waals surface area contributed by atoms with Gasteiger partial charge in [0, 0.05) is 11.4 Å². The Morgan fingerprint density at radius 3 is 2.48 bits per heavy atom. The Labute approximate surface area is 161 Å². The average Bonchev–Trinajstić information content (AvgIpc) is 3.13. The lowest BCUT2D eigenvalue weighted by molar-refractivity contribution is 0.300. The molecule has 2 aromatic heterocycles. The molecular formula is C22H20N2O2S. The van der Waals surface area contributed by atoms with Gasteiger partial charge in [-0.1, -0.05) is 48.5 Å². The molecule has 4 nitrogen and oxygen atoms in total. The number of rotatable bonds is 6. The topological polar surface area (TPSA) is 44.1 Å². The quantitative estimate of drug-likeness (QED) is 0.450. The molecule has 4 rings (SSSR count). The summed E-state index contributed by atoms with van der Waals surface area (Å²) in [5, 5.41) is 0.688. The third-order valence-corrected chi connectivity index (χ3v) is 5.52. The van der Waals surface area contributed by atoms with E-state index in [4.69, 9.17) is 4.74 Å². The number of hydrogen-bond donors (Lipinski definition) is 0. The van der Waals surface area contributed by atoms with E-state index in [-0.39, 0.29) is 5.56 Å². The summed E-state index contributed by atoms with van der Waals surface area (Å²) in [5.41, 5.74) is 1.14. The van der Waals surface area contributed by atoms with E-state index in [1.165, 1.54) is 0 Å². The van der Waals surface area contributed by atoms with Crippen molar-refractivity contribution in [3.05, 3.63) is 82.9 Å². The summed E-state index contributed by atoms with van der Waals surface area (Å²) in [6.45, 7) is 3.05. The molecule has 0 spiro atoms. The Morgan fingerprint density at radius 2 is 1.74 bits per heavy atom. The summed E-state index contributed by atoms with van der Waals surface area (Å²) in [6, 6.07) is 21.8. The molecule has 2 aromatic carbocycles. The lowest BCUT2D eigenvalue weighted by atomic mass is 10.2. The minimum atomic E-state index is 0.0237. The first kappa shape index (κ1) is 17.5. The van der Waals surface area contributed by atoms with Crippen LogP contribution >= 0.6 is 11.3 Å².